The van der Waals surface area contributed by atoms with Crippen LogP contribution in [0.4, 0.5) is 4.79 Å². The zero-order valence-corrected chi connectivity index (χ0v) is 12.3. The van der Waals surface area contributed by atoms with Crippen molar-refractivity contribution in [3.8, 4) is 0 Å². The fraction of sp³-hybridized carbons (Fsp3) is 0.929. The maximum absolute atomic E-state index is 12.4. The lowest BCUT2D eigenvalue weighted by atomic mass is 9.87. The van der Waals surface area contributed by atoms with Gasteiger partial charge >= 0.3 is 6.03 Å². The molecule has 0 aromatic rings. The van der Waals surface area contributed by atoms with E-state index in [1.165, 1.54) is 6.42 Å². The maximum Gasteiger partial charge on any atom is 0.320 e. The molecule has 17 heavy (non-hydrogen) atoms. The monoisotopic (exact) mass is 240 g/mol. The van der Waals surface area contributed by atoms with E-state index in [0.717, 1.165) is 19.5 Å². The normalized spacial score (nSPS) is 23.4. The molecule has 0 N–H and O–H groups in total. The second-order valence-corrected chi connectivity index (χ2v) is 6.63. The van der Waals surface area contributed by atoms with Gasteiger partial charge in [-0.25, -0.2) is 4.79 Å². The van der Waals surface area contributed by atoms with Crippen LogP contribution in [-0.4, -0.2) is 42.0 Å². The van der Waals surface area contributed by atoms with E-state index in [4.69, 9.17) is 0 Å². The predicted octanol–water partition coefficient (Wildman–Crippen LogP) is 3.20. The van der Waals surface area contributed by atoms with Gasteiger partial charge in [0.2, 0.25) is 0 Å². The number of nitrogens with zero attached hydrogens (tertiary/aromatic N) is 2. The van der Waals surface area contributed by atoms with Gasteiger partial charge < -0.3 is 9.80 Å². The zero-order valence-electron chi connectivity index (χ0n) is 12.3. The van der Waals surface area contributed by atoms with Crippen molar-refractivity contribution >= 4 is 6.03 Å². The van der Waals surface area contributed by atoms with Gasteiger partial charge in [-0.1, -0.05) is 27.7 Å². The van der Waals surface area contributed by atoms with Gasteiger partial charge in [-0.05, 0) is 31.1 Å². The molecule has 1 heterocycles. The summed E-state index contributed by atoms with van der Waals surface area (Å²) in [5.74, 6) is 0.644. The molecule has 0 aliphatic carbocycles. The lowest BCUT2D eigenvalue weighted by Gasteiger charge is -2.40. The number of hydrogen-bond acceptors (Lipinski definition) is 1. The summed E-state index contributed by atoms with van der Waals surface area (Å²) in [6, 6.07) is 0.450. The van der Waals surface area contributed by atoms with Crippen LogP contribution < -0.4 is 0 Å². The second-order valence-electron chi connectivity index (χ2n) is 6.63. The van der Waals surface area contributed by atoms with Crippen LogP contribution in [0.25, 0.3) is 0 Å². The molecule has 1 aliphatic heterocycles. The number of likely N-dealkylation sites (tertiary alicyclic amines) is 1. The molecule has 2 amide bonds. The number of urea groups is 1. The molecule has 1 rings (SSSR count). The number of carbonyl (C=O) groups is 1. The fourth-order valence-electron chi connectivity index (χ4n) is 2.33. The fourth-order valence-corrected chi connectivity index (χ4v) is 2.33. The van der Waals surface area contributed by atoms with Gasteiger partial charge in [-0.15, -0.1) is 0 Å². The van der Waals surface area contributed by atoms with Crippen molar-refractivity contribution in [1.29, 1.82) is 0 Å². The quantitative estimate of drug-likeness (QED) is 0.690. The van der Waals surface area contributed by atoms with E-state index < -0.39 is 0 Å². The van der Waals surface area contributed by atoms with E-state index in [9.17, 15) is 4.79 Å². The third kappa shape index (κ3) is 3.62. The van der Waals surface area contributed by atoms with Crippen LogP contribution >= 0.6 is 0 Å². The van der Waals surface area contributed by atoms with Gasteiger partial charge in [0.25, 0.3) is 0 Å². The molecule has 100 valence electrons. The van der Waals surface area contributed by atoms with Gasteiger partial charge in [0.1, 0.15) is 0 Å². The maximum atomic E-state index is 12.4. The third-order valence-corrected chi connectivity index (χ3v) is 4.06. The molecule has 0 saturated carbocycles. The molecule has 0 bridgehead atoms. The first-order valence-corrected chi connectivity index (χ1v) is 6.75. The Morgan fingerprint density at radius 3 is 2.47 bits per heavy atom. The molecule has 3 nitrogen and oxygen atoms in total. The minimum Gasteiger partial charge on any atom is -0.324 e. The Kier molecular flexibility index (Phi) is 4.45. The second kappa shape index (κ2) is 5.28. The molecular formula is C14H28N2O. The van der Waals surface area contributed by atoms with Gasteiger partial charge in [-0.3, -0.25) is 0 Å². The Morgan fingerprint density at radius 1 is 1.41 bits per heavy atom. The summed E-state index contributed by atoms with van der Waals surface area (Å²) in [7, 11) is 1.93. The van der Waals surface area contributed by atoms with Crippen LogP contribution in [0.1, 0.15) is 47.5 Å². The van der Waals surface area contributed by atoms with Gasteiger partial charge in [0.05, 0.1) is 0 Å². The molecule has 1 aliphatic rings. The molecule has 1 fully saturated rings. The molecule has 0 aromatic carbocycles. The molecule has 2 unspecified atom stereocenters. The molecule has 1 saturated heterocycles. The summed E-state index contributed by atoms with van der Waals surface area (Å²) in [6.45, 7) is 12.7. The van der Waals surface area contributed by atoms with Crippen LogP contribution in [0.5, 0.6) is 0 Å². The average Bonchev–Trinajstić information content (AvgIpc) is 2.25. The Labute approximate surface area is 106 Å². The van der Waals surface area contributed by atoms with E-state index in [0.29, 0.717) is 5.92 Å². The SMILES string of the molecule is CC1CCCN(C(=O)N(C)C(C)C(C)(C)C)C1. The van der Waals surface area contributed by atoms with Crippen molar-refractivity contribution < 1.29 is 4.79 Å². The zero-order chi connectivity index (χ0) is 13.2. The highest BCUT2D eigenvalue weighted by atomic mass is 16.2. The Balaban J connectivity index is 2.63. The molecule has 0 aromatic heterocycles. The highest BCUT2D eigenvalue weighted by molar-refractivity contribution is 5.74. The lowest BCUT2D eigenvalue weighted by molar-refractivity contribution is 0.101. The first-order valence-electron chi connectivity index (χ1n) is 6.75. The van der Waals surface area contributed by atoms with Crippen molar-refractivity contribution in [2.75, 3.05) is 20.1 Å². The summed E-state index contributed by atoms with van der Waals surface area (Å²) in [6.07, 6.45) is 2.40. The van der Waals surface area contributed by atoms with Crippen molar-refractivity contribution in [3.63, 3.8) is 0 Å². The van der Waals surface area contributed by atoms with Gasteiger partial charge in [0.15, 0.2) is 0 Å². The van der Waals surface area contributed by atoms with Crippen LogP contribution in [0, 0.1) is 11.3 Å². The molecule has 2 atom stereocenters. The van der Waals surface area contributed by atoms with E-state index in [2.05, 4.69) is 34.6 Å². The van der Waals surface area contributed by atoms with Gasteiger partial charge in [-0.2, -0.15) is 0 Å². The van der Waals surface area contributed by atoms with Crippen LogP contribution in [0.15, 0.2) is 0 Å². The minimum absolute atomic E-state index is 0.131. The van der Waals surface area contributed by atoms with Crippen molar-refractivity contribution in [3.05, 3.63) is 0 Å². The standard InChI is InChI=1S/C14H28N2O/c1-11-8-7-9-16(10-11)13(17)15(6)12(2)14(3,4)5/h11-12H,7-10H2,1-6H3. The Morgan fingerprint density at radius 2 is 2.00 bits per heavy atom. The summed E-state index contributed by atoms with van der Waals surface area (Å²) in [5.41, 5.74) is 0.131. The number of carbonyl (C=O) groups excluding carboxylic acids is 1. The molecule has 3 heteroatoms. The first kappa shape index (κ1) is 14.3. The molecule has 0 spiro atoms. The van der Waals surface area contributed by atoms with Crippen molar-refractivity contribution in [2.45, 2.75) is 53.5 Å². The summed E-state index contributed by atoms with van der Waals surface area (Å²) >= 11 is 0. The third-order valence-electron chi connectivity index (χ3n) is 4.06. The number of rotatable bonds is 1. The highest BCUT2D eigenvalue weighted by Gasteiger charge is 2.30. The summed E-state index contributed by atoms with van der Waals surface area (Å²) < 4.78 is 0. The molecule has 0 radical (unpaired) electrons. The number of piperidine rings is 1. The Bertz CT molecular complexity index is 270. The predicted molar refractivity (Wildman–Crippen MR) is 72.0 cm³/mol. The number of hydrogen-bond donors (Lipinski definition) is 0. The number of amides is 2. The average molecular weight is 240 g/mol. The summed E-state index contributed by atoms with van der Waals surface area (Å²) in [5, 5.41) is 0. The van der Waals surface area contributed by atoms with E-state index in [1.54, 1.807) is 0 Å². The smallest absolute Gasteiger partial charge is 0.320 e. The van der Waals surface area contributed by atoms with Gasteiger partial charge in [0, 0.05) is 26.2 Å². The Hall–Kier alpha value is -0.730. The first-order chi connectivity index (χ1) is 7.73. The summed E-state index contributed by atoms with van der Waals surface area (Å²) in [4.78, 5) is 16.3. The lowest BCUT2D eigenvalue weighted by Crippen LogP contribution is -2.51. The largest absolute Gasteiger partial charge is 0.324 e. The molecular weight excluding hydrogens is 212 g/mol. The van der Waals surface area contributed by atoms with Crippen LogP contribution in [0.2, 0.25) is 0 Å². The highest BCUT2D eigenvalue weighted by Crippen LogP contribution is 2.25. The van der Waals surface area contributed by atoms with E-state index >= 15 is 0 Å². The van der Waals surface area contributed by atoms with E-state index in [1.807, 2.05) is 16.8 Å². The van der Waals surface area contributed by atoms with E-state index in [-0.39, 0.29) is 17.5 Å². The van der Waals surface area contributed by atoms with Crippen LogP contribution in [0.3, 0.4) is 0 Å². The van der Waals surface area contributed by atoms with Crippen molar-refractivity contribution in [1.82, 2.24) is 9.80 Å². The van der Waals surface area contributed by atoms with Crippen LogP contribution in [-0.2, 0) is 0 Å². The van der Waals surface area contributed by atoms with Crippen molar-refractivity contribution in [2.24, 2.45) is 11.3 Å². The topological polar surface area (TPSA) is 23.6 Å². The minimum atomic E-state index is 0.131.